The molecule has 3 aliphatic heterocycles. The van der Waals surface area contributed by atoms with E-state index in [2.05, 4.69) is 25.5 Å². The molecule has 2 bridgehead atoms. The highest BCUT2D eigenvalue weighted by Gasteiger charge is 2.38. The van der Waals surface area contributed by atoms with E-state index in [1.54, 1.807) is 12.1 Å². The third-order valence-corrected chi connectivity index (χ3v) is 6.98. The third kappa shape index (κ3) is 5.31. The van der Waals surface area contributed by atoms with Gasteiger partial charge in [0.15, 0.2) is 11.6 Å². The number of hydrogen-bond acceptors (Lipinski definition) is 8. The Morgan fingerprint density at radius 2 is 2.11 bits per heavy atom. The number of rotatable bonds is 8. The van der Waals surface area contributed by atoms with Gasteiger partial charge >= 0.3 is 0 Å². The monoisotopic (exact) mass is 523 g/mol. The van der Waals surface area contributed by atoms with E-state index in [0.29, 0.717) is 65.7 Å². The second-order valence-electron chi connectivity index (χ2n) is 9.64. The molecule has 2 aromatic carbocycles. The van der Waals surface area contributed by atoms with E-state index in [4.69, 9.17) is 14.2 Å². The highest BCUT2D eigenvalue weighted by atomic mass is 19.2. The number of carbonyl (C=O) groups excluding carboxylic acids is 1. The Bertz CT molecular complexity index is 1380. The molecule has 0 radical (unpaired) electrons. The Kier molecular flexibility index (Phi) is 6.88. The fraction of sp³-hybridized carbons (Fsp3) is 0.370. The van der Waals surface area contributed by atoms with Gasteiger partial charge in [0.2, 0.25) is 5.91 Å². The van der Waals surface area contributed by atoms with Gasteiger partial charge in [-0.1, -0.05) is 6.08 Å². The lowest BCUT2D eigenvalue weighted by molar-refractivity contribution is -0.111. The van der Waals surface area contributed by atoms with E-state index in [1.165, 1.54) is 18.5 Å². The van der Waals surface area contributed by atoms with E-state index < -0.39 is 11.6 Å². The minimum absolute atomic E-state index is 0.145. The molecule has 0 spiro atoms. The fourth-order valence-corrected chi connectivity index (χ4v) is 5.05. The number of hydrogen-bond donors (Lipinski definition) is 2. The van der Waals surface area contributed by atoms with Crippen molar-refractivity contribution < 1.29 is 27.8 Å². The number of amides is 1. The topological polar surface area (TPSA) is 97.8 Å². The van der Waals surface area contributed by atoms with E-state index in [0.717, 1.165) is 38.1 Å². The van der Waals surface area contributed by atoms with Crippen LogP contribution in [-0.2, 0) is 14.3 Å². The van der Waals surface area contributed by atoms with Crippen LogP contribution in [0.15, 0.2) is 48.8 Å². The first-order valence-electron chi connectivity index (χ1n) is 12.6. The molecule has 6 rings (SSSR count). The highest BCUT2D eigenvalue weighted by Crippen LogP contribution is 2.35. The zero-order valence-corrected chi connectivity index (χ0v) is 20.5. The van der Waals surface area contributed by atoms with E-state index in [1.807, 2.05) is 6.08 Å². The van der Waals surface area contributed by atoms with Gasteiger partial charge in [-0.05, 0) is 24.6 Å². The zero-order chi connectivity index (χ0) is 26.1. The zero-order valence-electron chi connectivity index (χ0n) is 20.5. The van der Waals surface area contributed by atoms with Gasteiger partial charge in [0.05, 0.1) is 37.1 Å². The number of halogens is 2. The predicted molar refractivity (Wildman–Crippen MR) is 137 cm³/mol. The standard InChI is InChI=1S/C27H27F2N5O4/c28-21-4-3-16(8-22(21)29)32-27-20-10-24(25(11-23(20)30-15-31-27)38-18-5-7-36-14-18)33-26(35)2-1-6-34-12-19-9-17(34)13-37-19/h1-4,8,10-11,15,17-19H,5-7,9,12-14H2,(H,33,35)(H,30,31,32)/t17-,18-,19-/m0/s1. The number of likely N-dealkylation sites (tertiary alicyclic amines) is 1. The number of ether oxygens (including phenoxy) is 3. The fourth-order valence-electron chi connectivity index (χ4n) is 5.05. The quantitative estimate of drug-likeness (QED) is 0.431. The highest BCUT2D eigenvalue weighted by molar-refractivity contribution is 6.03. The van der Waals surface area contributed by atoms with Crippen LogP contribution in [0.2, 0.25) is 0 Å². The number of nitrogens with zero attached hydrogens (tertiary/aromatic N) is 3. The Balaban J connectivity index is 1.25. The maximum absolute atomic E-state index is 13.8. The normalized spacial score (nSPS) is 22.9. The molecule has 1 amide bonds. The van der Waals surface area contributed by atoms with Crippen molar-refractivity contribution in [3.8, 4) is 5.75 Å². The smallest absolute Gasteiger partial charge is 0.248 e. The number of morpholine rings is 1. The maximum Gasteiger partial charge on any atom is 0.248 e. The molecule has 11 heteroatoms. The third-order valence-electron chi connectivity index (χ3n) is 6.98. The summed E-state index contributed by atoms with van der Waals surface area (Å²) < 4.78 is 44.4. The van der Waals surface area contributed by atoms with Gasteiger partial charge in [0.1, 0.15) is 24.0 Å². The second-order valence-corrected chi connectivity index (χ2v) is 9.64. The lowest BCUT2D eigenvalue weighted by atomic mass is 10.1. The molecule has 3 aromatic rings. The molecule has 3 atom stereocenters. The van der Waals surface area contributed by atoms with Crippen molar-refractivity contribution in [3.63, 3.8) is 0 Å². The lowest BCUT2D eigenvalue weighted by Crippen LogP contribution is -2.36. The summed E-state index contributed by atoms with van der Waals surface area (Å²) in [7, 11) is 0. The number of benzene rings is 2. The summed E-state index contributed by atoms with van der Waals surface area (Å²) in [5, 5.41) is 6.49. The van der Waals surface area contributed by atoms with Crippen molar-refractivity contribution in [1.82, 2.24) is 14.9 Å². The molecule has 0 saturated carbocycles. The molecule has 2 N–H and O–H groups in total. The average Bonchev–Trinajstić information content (AvgIpc) is 3.66. The first-order chi connectivity index (χ1) is 18.5. The summed E-state index contributed by atoms with van der Waals surface area (Å²) in [6.07, 6.45) is 6.67. The summed E-state index contributed by atoms with van der Waals surface area (Å²) in [6, 6.07) is 7.36. The van der Waals surface area contributed by atoms with E-state index in [-0.39, 0.29) is 12.0 Å². The molecule has 3 fully saturated rings. The number of anilines is 3. The molecule has 3 aliphatic rings. The van der Waals surface area contributed by atoms with Crippen molar-refractivity contribution in [1.29, 1.82) is 0 Å². The Morgan fingerprint density at radius 1 is 1.18 bits per heavy atom. The maximum atomic E-state index is 13.8. The first-order valence-corrected chi connectivity index (χ1v) is 12.6. The summed E-state index contributed by atoms with van der Waals surface area (Å²) in [6.45, 7) is 3.37. The summed E-state index contributed by atoms with van der Waals surface area (Å²) in [5.41, 5.74) is 1.32. The Labute approximate surface area is 217 Å². The summed E-state index contributed by atoms with van der Waals surface area (Å²) in [5.74, 6) is -1.39. The Hall–Kier alpha value is -3.67. The molecule has 0 aliphatic carbocycles. The van der Waals surface area contributed by atoms with Crippen molar-refractivity contribution in [2.45, 2.75) is 31.1 Å². The molecule has 38 heavy (non-hydrogen) atoms. The van der Waals surface area contributed by atoms with E-state index >= 15 is 0 Å². The van der Waals surface area contributed by atoms with Crippen LogP contribution in [0.25, 0.3) is 10.9 Å². The molecule has 9 nitrogen and oxygen atoms in total. The van der Waals surface area contributed by atoms with E-state index in [9.17, 15) is 13.6 Å². The second kappa shape index (κ2) is 10.6. The summed E-state index contributed by atoms with van der Waals surface area (Å²) in [4.78, 5) is 23.8. The Morgan fingerprint density at radius 3 is 2.87 bits per heavy atom. The molecular weight excluding hydrogens is 496 g/mol. The minimum atomic E-state index is -0.975. The van der Waals surface area contributed by atoms with Crippen LogP contribution in [0.1, 0.15) is 12.8 Å². The van der Waals surface area contributed by atoms with Crippen LogP contribution in [0.5, 0.6) is 5.75 Å². The summed E-state index contributed by atoms with van der Waals surface area (Å²) >= 11 is 0. The molecule has 4 heterocycles. The van der Waals surface area contributed by atoms with Gasteiger partial charge in [0, 0.05) is 54.8 Å². The molecular formula is C27H27F2N5O4. The van der Waals surface area contributed by atoms with Crippen molar-refractivity contribution >= 4 is 34.0 Å². The number of fused-ring (bicyclic) bond motifs is 3. The average molecular weight is 524 g/mol. The van der Waals surface area contributed by atoms with Crippen LogP contribution in [0, 0.1) is 11.6 Å². The predicted octanol–water partition coefficient (Wildman–Crippen LogP) is 3.79. The van der Waals surface area contributed by atoms with Crippen molar-refractivity contribution in [2.75, 3.05) is 43.5 Å². The van der Waals surface area contributed by atoms with Crippen LogP contribution in [0.4, 0.5) is 26.0 Å². The number of carbonyl (C=O) groups is 1. The SMILES string of the molecule is O=C(C=CCN1C[C@@H]2C[C@H]1CO2)Nc1cc2c(Nc3ccc(F)c(F)c3)ncnc2cc1O[C@H]1CCOC1. The first kappa shape index (κ1) is 24.7. The lowest BCUT2D eigenvalue weighted by Gasteiger charge is -2.25. The number of aromatic nitrogens is 2. The van der Waals surface area contributed by atoms with Gasteiger partial charge in [-0.2, -0.15) is 0 Å². The van der Waals surface area contributed by atoms with Gasteiger partial charge < -0.3 is 24.8 Å². The van der Waals surface area contributed by atoms with Crippen LogP contribution >= 0.6 is 0 Å². The van der Waals surface area contributed by atoms with Gasteiger partial charge in [-0.3, -0.25) is 9.69 Å². The van der Waals surface area contributed by atoms with Crippen LogP contribution in [-0.4, -0.2) is 71.9 Å². The van der Waals surface area contributed by atoms with Gasteiger partial charge in [-0.15, -0.1) is 0 Å². The van der Waals surface area contributed by atoms with Crippen LogP contribution in [0.3, 0.4) is 0 Å². The number of nitrogens with one attached hydrogen (secondary N) is 2. The molecule has 1 aromatic heterocycles. The molecule has 0 unspecified atom stereocenters. The van der Waals surface area contributed by atoms with Crippen LogP contribution < -0.4 is 15.4 Å². The van der Waals surface area contributed by atoms with Crippen molar-refractivity contribution in [3.05, 3.63) is 60.4 Å². The van der Waals surface area contributed by atoms with Gasteiger partial charge in [0.25, 0.3) is 0 Å². The largest absolute Gasteiger partial charge is 0.486 e. The van der Waals surface area contributed by atoms with Gasteiger partial charge in [-0.25, -0.2) is 18.7 Å². The molecule has 3 saturated heterocycles. The minimum Gasteiger partial charge on any atom is -0.486 e. The molecule has 198 valence electrons. The van der Waals surface area contributed by atoms with Crippen molar-refractivity contribution in [2.24, 2.45) is 0 Å².